The first-order valence-electron chi connectivity index (χ1n) is 5.75. The number of aryl methyl sites for hydroxylation is 1. The van der Waals surface area contributed by atoms with Crippen molar-refractivity contribution >= 4 is 23.1 Å². The molecule has 2 N–H and O–H groups in total. The molecular formula is C14H14N2S. The maximum Gasteiger partial charge on any atom is 0.0746 e. The molecule has 0 saturated heterocycles. The predicted molar refractivity (Wildman–Crippen MR) is 72.7 cm³/mol. The quantitative estimate of drug-likeness (QED) is 0.773. The molecule has 0 spiro atoms. The highest BCUT2D eigenvalue weighted by atomic mass is 32.2. The summed E-state index contributed by atoms with van der Waals surface area (Å²) in [5, 5.41) is 1.82. The van der Waals surface area contributed by atoms with Crippen molar-refractivity contribution < 1.29 is 0 Å². The zero-order chi connectivity index (χ0) is 11.8. The number of para-hydroxylation sites is 2. The van der Waals surface area contributed by atoms with Gasteiger partial charge in [0.25, 0.3) is 0 Å². The van der Waals surface area contributed by atoms with Crippen molar-refractivity contribution in [1.29, 1.82) is 0 Å². The lowest BCUT2D eigenvalue weighted by Gasteiger charge is -2.30. The zero-order valence-corrected chi connectivity index (χ0v) is 10.5. The molecule has 1 aliphatic rings. The first-order chi connectivity index (χ1) is 8.31. The molecule has 2 aromatic rings. The number of hydrogen-bond donors (Lipinski definition) is 1. The van der Waals surface area contributed by atoms with Gasteiger partial charge in [-0.05, 0) is 30.2 Å². The normalized spacial score (nSPS) is 13.2. The second kappa shape index (κ2) is 4.09. The van der Waals surface area contributed by atoms with Gasteiger partial charge in [0, 0.05) is 9.79 Å². The van der Waals surface area contributed by atoms with Crippen LogP contribution in [0, 0.1) is 0 Å². The highest BCUT2D eigenvalue weighted by Gasteiger charge is 2.22. The zero-order valence-electron chi connectivity index (χ0n) is 9.68. The second-order valence-corrected chi connectivity index (χ2v) is 5.14. The fourth-order valence-corrected chi connectivity index (χ4v) is 3.32. The van der Waals surface area contributed by atoms with E-state index in [2.05, 4.69) is 37.3 Å². The molecule has 1 aliphatic heterocycles. The van der Waals surface area contributed by atoms with Crippen LogP contribution in [-0.4, -0.2) is 0 Å². The minimum atomic E-state index is 1.000. The van der Waals surface area contributed by atoms with E-state index in [4.69, 9.17) is 5.84 Å². The Kier molecular flexibility index (Phi) is 2.57. The molecule has 0 radical (unpaired) electrons. The van der Waals surface area contributed by atoms with Crippen molar-refractivity contribution in [1.82, 2.24) is 0 Å². The highest BCUT2D eigenvalue weighted by molar-refractivity contribution is 7.99. The van der Waals surface area contributed by atoms with E-state index in [1.54, 1.807) is 11.8 Å². The third-order valence-electron chi connectivity index (χ3n) is 3.05. The van der Waals surface area contributed by atoms with E-state index in [9.17, 15) is 0 Å². The molecule has 17 heavy (non-hydrogen) atoms. The summed E-state index contributed by atoms with van der Waals surface area (Å²) < 4.78 is 0. The number of benzene rings is 2. The largest absolute Gasteiger partial charge is 0.277 e. The Morgan fingerprint density at radius 1 is 1.06 bits per heavy atom. The summed E-state index contributed by atoms with van der Waals surface area (Å²) in [6.07, 6.45) is 1.000. The van der Waals surface area contributed by atoms with Gasteiger partial charge in [-0.1, -0.05) is 43.0 Å². The van der Waals surface area contributed by atoms with Crippen LogP contribution in [0.5, 0.6) is 0 Å². The van der Waals surface area contributed by atoms with Gasteiger partial charge in [0.1, 0.15) is 0 Å². The van der Waals surface area contributed by atoms with E-state index in [1.807, 2.05) is 17.1 Å². The van der Waals surface area contributed by atoms with Crippen LogP contribution in [0.15, 0.2) is 52.3 Å². The van der Waals surface area contributed by atoms with Gasteiger partial charge in [0.05, 0.1) is 11.4 Å². The van der Waals surface area contributed by atoms with Crippen LogP contribution in [0.3, 0.4) is 0 Å². The van der Waals surface area contributed by atoms with E-state index in [0.717, 1.165) is 17.8 Å². The Labute approximate surface area is 105 Å². The molecule has 1 heterocycles. The third-order valence-corrected chi connectivity index (χ3v) is 4.16. The summed E-state index contributed by atoms with van der Waals surface area (Å²) in [5.74, 6) is 6.25. The molecule has 0 amide bonds. The van der Waals surface area contributed by atoms with Crippen LogP contribution in [0.4, 0.5) is 11.4 Å². The minimum Gasteiger partial charge on any atom is -0.277 e. The Balaban J connectivity index is 2.20. The Morgan fingerprint density at radius 2 is 1.82 bits per heavy atom. The number of fused-ring (bicyclic) bond motifs is 2. The molecule has 2 aromatic carbocycles. The van der Waals surface area contributed by atoms with Gasteiger partial charge in [-0.25, -0.2) is 5.84 Å². The topological polar surface area (TPSA) is 29.3 Å². The molecular weight excluding hydrogens is 228 g/mol. The van der Waals surface area contributed by atoms with Gasteiger partial charge >= 0.3 is 0 Å². The van der Waals surface area contributed by atoms with Crippen LogP contribution in [0.2, 0.25) is 0 Å². The van der Waals surface area contributed by atoms with E-state index >= 15 is 0 Å². The summed E-state index contributed by atoms with van der Waals surface area (Å²) in [4.78, 5) is 2.46. The number of nitrogens with two attached hydrogens (primary N) is 1. The number of hydrogen-bond acceptors (Lipinski definition) is 3. The van der Waals surface area contributed by atoms with Crippen LogP contribution >= 0.6 is 11.8 Å². The fraction of sp³-hybridized carbons (Fsp3) is 0.143. The predicted octanol–water partition coefficient (Wildman–Crippen LogP) is 3.73. The number of rotatable bonds is 1. The molecule has 0 unspecified atom stereocenters. The smallest absolute Gasteiger partial charge is 0.0746 e. The Hall–Kier alpha value is -1.45. The molecule has 0 fully saturated rings. The third kappa shape index (κ3) is 1.63. The molecule has 0 aromatic heterocycles. The summed E-state index contributed by atoms with van der Waals surface area (Å²) in [5.41, 5.74) is 3.54. The number of hydrazine groups is 1. The maximum absolute atomic E-state index is 6.25. The lowest BCUT2D eigenvalue weighted by atomic mass is 10.1. The molecule has 3 rings (SSSR count). The van der Waals surface area contributed by atoms with Gasteiger partial charge in [-0.3, -0.25) is 5.01 Å². The standard InChI is InChI=1S/C14H14N2S/c1-2-10-6-5-9-13-14(10)16(15)11-7-3-4-8-12(11)17-13/h3-9H,2,15H2,1H3. The SMILES string of the molecule is CCc1cccc2c1N(N)c1ccccc1S2. The first kappa shape index (κ1) is 10.7. The summed E-state index contributed by atoms with van der Waals surface area (Å²) in [6, 6.07) is 14.6. The van der Waals surface area contributed by atoms with Gasteiger partial charge < -0.3 is 0 Å². The van der Waals surface area contributed by atoms with E-state index in [1.165, 1.54) is 15.4 Å². The monoisotopic (exact) mass is 242 g/mol. The van der Waals surface area contributed by atoms with Crippen molar-refractivity contribution in [2.75, 3.05) is 5.01 Å². The summed E-state index contributed by atoms with van der Waals surface area (Å²) in [7, 11) is 0. The summed E-state index contributed by atoms with van der Waals surface area (Å²) in [6.45, 7) is 2.16. The van der Waals surface area contributed by atoms with Crippen LogP contribution < -0.4 is 10.9 Å². The molecule has 3 heteroatoms. The van der Waals surface area contributed by atoms with Gasteiger partial charge in [0.2, 0.25) is 0 Å². The minimum absolute atomic E-state index is 1.000. The Bertz CT molecular complexity index is 566. The lowest BCUT2D eigenvalue weighted by molar-refractivity contribution is 0.986. The van der Waals surface area contributed by atoms with Gasteiger partial charge in [0.15, 0.2) is 0 Å². The number of nitrogens with zero attached hydrogens (tertiary/aromatic N) is 1. The average Bonchev–Trinajstić information content (AvgIpc) is 2.38. The number of anilines is 2. The van der Waals surface area contributed by atoms with Crippen molar-refractivity contribution in [3.8, 4) is 0 Å². The van der Waals surface area contributed by atoms with E-state index < -0.39 is 0 Å². The van der Waals surface area contributed by atoms with E-state index in [-0.39, 0.29) is 0 Å². The van der Waals surface area contributed by atoms with Crippen LogP contribution in [-0.2, 0) is 6.42 Å². The van der Waals surface area contributed by atoms with Crippen molar-refractivity contribution in [3.63, 3.8) is 0 Å². The van der Waals surface area contributed by atoms with Crippen molar-refractivity contribution in [2.45, 2.75) is 23.1 Å². The van der Waals surface area contributed by atoms with Crippen LogP contribution in [0.25, 0.3) is 0 Å². The average molecular weight is 242 g/mol. The van der Waals surface area contributed by atoms with E-state index in [0.29, 0.717) is 0 Å². The van der Waals surface area contributed by atoms with Crippen molar-refractivity contribution in [3.05, 3.63) is 48.0 Å². The molecule has 0 saturated carbocycles. The molecule has 2 nitrogen and oxygen atoms in total. The van der Waals surface area contributed by atoms with Gasteiger partial charge in [-0.15, -0.1) is 0 Å². The second-order valence-electron chi connectivity index (χ2n) is 4.06. The lowest BCUT2D eigenvalue weighted by Crippen LogP contribution is -2.28. The molecule has 0 atom stereocenters. The first-order valence-corrected chi connectivity index (χ1v) is 6.56. The fourth-order valence-electron chi connectivity index (χ4n) is 2.19. The molecule has 0 aliphatic carbocycles. The van der Waals surface area contributed by atoms with Crippen molar-refractivity contribution in [2.24, 2.45) is 5.84 Å². The highest BCUT2D eigenvalue weighted by Crippen LogP contribution is 2.47. The molecule has 0 bridgehead atoms. The maximum atomic E-state index is 6.25. The molecule has 86 valence electrons. The summed E-state index contributed by atoms with van der Waals surface area (Å²) >= 11 is 1.79. The van der Waals surface area contributed by atoms with Gasteiger partial charge in [-0.2, -0.15) is 0 Å². The van der Waals surface area contributed by atoms with Crippen LogP contribution in [0.1, 0.15) is 12.5 Å². The Morgan fingerprint density at radius 3 is 2.65 bits per heavy atom.